The lowest BCUT2D eigenvalue weighted by Gasteiger charge is -2.17. The molecule has 0 saturated carbocycles. The van der Waals surface area contributed by atoms with Gasteiger partial charge in [-0.05, 0) is 25.5 Å². The zero-order valence-corrected chi connectivity index (χ0v) is 15.7. The summed E-state index contributed by atoms with van der Waals surface area (Å²) in [5.41, 5.74) is 0.707. The number of fused-ring (bicyclic) bond motifs is 1. The average Bonchev–Trinajstić information content (AvgIpc) is 3.09. The summed E-state index contributed by atoms with van der Waals surface area (Å²) in [7, 11) is 0. The zero-order chi connectivity index (χ0) is 18.0. The molecule has 0 radical (unpaired) electrons. The lowest BCUT2D eigenvalue weighted by Crippen LogP contribution is -2.26. The fourth-order valence-electron chi connectivity index (χ4n) is 2.49. The van der Waals surface area contributed by atoms with Crippen LogP contribution in [0.25, 0.3) is 10.9 Å². The monoisotopic (exact) mass is 358 g/mol. The second kappa shape index (κ2) is 7.39. The molecule has 3 aromatic rings. The van der Waals surface area contributed by atoms with Gasteiger partial charge in [0.1, 0.15) is 0 Å². The van der Waals surface area contributed by atoms with Crippen molar-refractivity contribution in [1.29, 1.82) is 0 Å². The molecule has 0 aliphatic carbocycles. The Labute approximate surface area is 150 Å². The van der Waals surface area contributed by atoms with Gasteiger partial charge in [0.2, 0.25) is 5.89 Å². The molecule has 25 heavy (non-hydrogen) atoms. The van der Waals surface area contributed by atoms with E-state index < -0.39 is 0 Å². The first kappa shape index (κ1) is 17.7. The third-order valence-electron chi connectivity index (χ3n) is 4.13. The second-order valence-electron chi connectivity index (χ2n) is 6.33. The molecule has 0 aliphatic heterocycles. The molecule has 2 aromatic heterocycles. The Kier molecular flexibility index (Phi) is 5.22. The van der Waals surface area contributed by atoms with Crippen LogP contribution in [0.2, 0.25) is 0 Å². The first-order chi connectivity index (χ1) is 12.0. The molecular weight excluding hydrogens is 336 g/mol. The Morgan fingerprint density at radius 3 is 2.64 bits per heavy atom. The summed E-state index contributed by atoms with van der Waals surface area (Å²) in [4.78, 5) is 22.0. The molecule has 0 bridgehead atoms. The van der Waals surface area contributed by atoms with Gasteiger partial charge in [-0.2, -0.15) is 4.98 Å². The molecule has 0 N–H and O–H groups in total. The van der Waals surface area contributed by atoms with Gasteiger partial charge in [0.05, 0.1) is 16.7 Å². The molecule has 0 fully saturated rings. The second-order valence-corrected chi connectivity index (χ2v) is 7.28. The molecule has 2 heterocycles. The molecule has 132 valence electrons. The van der Waals surface area contributed by atoms with E-state index in [0.29, 0.717) is 33.5 Å². The lowest BCUT2D eigenvalue weighted by molar-refractivity contribution is 0.382. The Bertz CT molecular complexity index is 932. The van der Waals surface area contributed by atoms with Gasteiger partial charge in [-0.3, -0.25) is 9.36 Å². The molecule has 3 rings (SSSR count). The van der Waals surface area contributed by atoms with Crippen LogP contribution < -0.4 is 5.56 Å². The fraction of sp³-hybridized carbons (Fsp3) is 0.444. The van der Waals surface area contributed by atoms with Gasteiger partial charge in [-0.1, -0.05) is 49.8 Å². The summed E-state index contributed by atoms with van der Waals surface area (Å²) in [6.45, 7) is 8.14. The van der Waals surface area contributed by atoms with Gasteiger partial charge in [0.25, 0.3) is 5.56 Å². The van der Waals surface area contributed by atoms with Crippen LogP contribution in [-0.4, -0.2) is 19.7 Å². The smallest absolute Gasteiger partial charge is 0.262 e. The van der Waals surface area contributed by atoms with E-state index in [9.17, 15) is 4.79 Å². The van der Waals surface area contributed by atoms with Gasteiger partial charge in [-0.15, -0.1) is 0 Å². The van der Waals surface area contributed by atoms with Crippen LogP contribution in [0.3, 0.4) is 0 Å². The molecule has 0 unspecified atom stereocenters. The normalized spacial score (nSPS) is 12.8. The standard InChI is InChI=1S/C18H22N4O2S/c1-5-12(4)22-17(23)13-8-6-7-9-14(13)19-18(22)25-10-15-20-16(11(2)3)21-24-15/h6-9,11-12H,5,10H2,1-4H3/t12-/m0/s1. The first-order valence-corrected chi connectivity index (χ1v) is 9.46. The van der Waals surface area contributed by atoms with E-state index in [4.69, 9.17) is 9.51 Å². The molecule has 1 atom stereocenters. The van der Waals surface area contributed by atoms with Crippen molar-refractivity contribution in [3.05, 3.63) is 46.3 Å². The number of nitrogens with zero attached hydrogens (tertiary/aromatic N) is 4. The molecular formula is C18H22N4O2S. The van der Waals surface area contributed by atoms with Gasteiger partial charge >= 0.3 is 0 Å². The minimum atomic E-state index is -0.00384. The van der Waals surface area contributed by atoms with Crippen LogP contribution in [0.1, 0.15) is 57.8 Å². The molecule has 1 aromatic carbocycles. The molecule has 7 heteroatoms. The van der Waals surface area contributed by atoms with Crippen molar-refractivity contribution in [1.82, 2.24) is 19.7 Å². The maximum absolute atomic E-state index is 12.9. The van der Waals surface area contributed by atoms with E-state index >= 15 is 0 Å². The Morgan fingerprint density at radius 1 is 1.20 bits per heavy atom. The summed E-state index contributed by atoms with van der Waals surface area (Å²) >= 11 is 1.45. The molecule has 0 aliphatic rings. The molecule has 6 nitrogen and oxygen atoms in total. The Hall–Kier alpha value is -2.15. The van der Waals surface area contributed by atoms with Crippen LogP contribution in [0.15, 0.2) is 38.7 Å². The number of hydrogen-bond acceptors (Lipinski definition) is 6. The minimum Gasteiger partial charge on any atom is -0.338 e. The van der Waals surface area contributed by atoms with Crippen LogP contribution >= 0.6 is 11.8 Å². The van der Waals surface area contributed by atoms with Crippen LogP contribution in [-0.2, 0) is 5.75 Å². The van der Waals surface area contributed by atoms with E-state index in [-0.39, 0.29) is 17.5 Å². The molecule has 0 spiro atoms. The predicted octanol–water partition coefficient (Wildman–Crippen LogP) is 4.17. The summed E-state index contributed by atoms with van der Waals surface area (Å²) in [6.07, 6.45) is 0.853. The topological polar surface area (TPSA) is 73.8 Å². The quantitative estimate of drug-likeness (QED) is 0.486. The highest BCUT2D eigenvalue weighted by molar-refractivity contribution is 7.98. The Morgan fingerprint density at radius 2 is 1.96 bits per heavy atom. The van der Waals surface area contributed by atoms with Crippen molar-refractivity contribution in [2.24, 2.45) is 0 Å². The van der Waals surface area contributed by atoms with Crippen molar-refractivity contribution < 1.29 is 4.52 Å². The van der Waals surface area contributed by atoms with E-state index in [2.05, 4.69) is 17.1 Å². The van der Waals surface area contributed by atoms with Crippen LogP contribution in [0, 0.1) is 0 Å². The van der Waals surface area contributed by atoms with Crippen molar-refractivity contribution >= 4 is 22.7 Å². The van der Waals surface area contributed by atoms with Crippen molar-refractivity contribution in [3.8, 4) is 0 Å². The van der Waals surface area contributed by atoms with Crippen molar-refractivity contribution in [2.75, 3.05) is 0 Å². The van der Waals surface area contributed by atoms with Gasteiger partial charge in [0, 0.05) is 12.0 Å². The van der Waals surface area contributed by atoms with E-state index in [1.165, 1.54) is 11.8 Å². The SMILES string of the molecule is CC[C@H](C)n1c(SCc2nc(C(C)C)no2)nc2ccccc2c1=O. The fourth-order valence-corrected chi connectivity index (χ4v) is 3.42. The highest BCUT2D eigenvalue weighted by Gasteiger charge is 2.17. The predicted molar refractivity (Wildman–Crippen MR) is 99.0 cm³/mol. The van der Waals surface area contributed by atoms with Gasteiger partial charge in [0.15, 0.2) is 11.0 Å². The number of aromatic nitrogens is 4. The van der Waals surface area contributed by atoms with Gasteiger partial charge in [-0.25, -0.2) is 4.98 Å². The Balaban J connectivity index is 1.97. The number of thioether (sulfide) groups is 1. The number of rotatable bonds is 6. The summed E-state index contributed by atoms with van der Waals surface area (Å²) < 4.78 is 7.07. The molecule has 0 amide bonds. The lowest BCUT2D eigenvalue weighted by atomic mass is 10.2. The van der Waals surface area contributed by atoms with Gasteiger partial charge < -0.3 is 4.52 Å². The average molecular weight is 358 g/mol. The van der Waals surface area contributed by atoms with E-state index in [1.54, 1.807) is 4.57 Å². The third-order valence-corrected chi connectivity index (χ3v) is 5.07. The number of para-hydroxylation sites is 1. The minimum absolute atomic E-state index is 0.00384. The number of benzene rings is 1. The number of hydrogen-bond donors (Lipinski definition) is 0. The highest BCUT2D eigenvalue weighted by Crippen LogP contribution is 2.25. The van der Waals surface area contributed by atoms with Crippen LogP contribution in [0.5, 0.6) is 0 Å². The summed E-state index contributed by atoms with van der Waals surface area (Å²) in [5.74, 6) is 1.95. The third kappa shape index (κ3) is 3.61. The van der Waals surface area contributed by atoms with Crippen LogP contribution in [0.4, 0.5) is 0 Å². The van der Waals surface area contributed by atoms with E-state index in [0.717, 1.165) is 6.42 Å². The first-order valence-electron chi connectivity index (χ1n) is 8.47. The maximum atomic E-state index is 12.9. The summed E-state index contributed by atoms with van der Waals surface area (Å²) in [5, 5.41) is 5.31. The maximum Gasteiger partial charge on any atom is 0.262 e. The molecule has 0 saturated heterocycles. The van der Waals surface area contributed by atoms with Crippen molar-refractivity contribution in [3.63, 3.8) is 0 Å². The summed E-state index contributed by atoms with van der Waals surface area (Å²) in [6, 6.07) is 7.52. The van der Waals surface area contributed by atoms with E-state index in [1.807, 2.05) is 45.0 Å². The highest BCUT2D eigenvalue weighted by atomic mass is 32.2. The largest absolute Gasteiger partial charge is 0.338 e. The zero-order valence-electron chi connectivity index (χ0n) is 14.9. The van der Waals surface area contributed by atoms with Crippen molar-refractivity contribution in [2.45, 2.75) is 57.0 Å².